The Bertz CT molecular complexity index is 574. The topological polar surface area (TPSA) is 44.8 Å². The minimum atomic E-state index is -2.50. The molecule has 0 amide bonds. The summed E-state index contributed by atoms with van der Waals surface area (Å²) in [7, 11) is 3.15. The summed E-state index contributed by atoms with van der Waals surface area (Å²) >= 11 is 17.5. The maximum absolute atomic E-state index is 11.8. The third-order valence-electron chi connectivity index (χ3n) is 3.43. The second-order valence-corrected chi connectivity index (χ2v) is 14.7. The Kier molecular flexibility index (Phi) is 10.4. The van der Waals surface area contributed by atoms with Crippen molar-refractivity contribution in [1.29, 1.82) is 0 Å². The Morgan fingerprint density at radius 2 is 1.80 bits per heavy atom. The van der Waals surface area contributed by atoms with Gasteiger partial charge < -0.3 is 14.2 Å². The van der Waals surface area contributed by atoms with Crippen molar-refractivity contribution in [3.8, 4) is 11.5 Å². The summed E-state index contributed by atoms with van der Waals surface area (Å²) in [5.74, 6) is 0.952. The quantitative estimate of drug-likeness (QED) is 0.155. The number of methoxy groups -OCH3 is 2. The van der Waals surface area contributed by atoms with Crippen molar-refractivity contribution >= 4 is 51.3 Å². The van der Waals surface area contributed by atoms with Crippen LogP contribution in [0.1, 0.15) is 31.2 Å². The van der Waals surface area contributed by atoms with Crippen LogP contribution in [0.2, 0.25) is 6.04 Å². The summed E-state index contributed by atoms with van der Waals surface area (Å²) in [6.07, 6.45) is 6.63. The number of carbonyl (C=O) groups excluding carboxylic acids is 1. The average Bonchev–Trinajstić information content (AvgIpc) is 2.57. The maximum atomic E-state index is 11.8. The molecule has 0 bridgehead atoms. The van der Waals surface area contributed by atoms with Crippen LogP contribution in [-0.4, -0.2) is 32.8 Å². The molecule has 0 atom stereocenters. The highest BCUT2D eigenvalue weighted by Gasteiger charge is 2.23. The Morgan fingerprint density at radius 3 is 2.44 bits per heavy atom. The maximum Gasteiger partial charge on any atom is 0.341 e. The van der Waals surface area contributed by atoms with E-state index in [-0.39, 0.29) is 0 Å². The fraction of sp³-hybridized carbons (Fsp3) is 0.471. The molecule has 0 saturated heterocycles. The van der Waals surface area contributed by atoms with Gasteiger partial charge in [0.15, 0.2) is 0 Å². The first-order valence-electron chi connectivity index (χ1n) is 7.99. The number of halogens is 3. The van der Waals surface area contributed by atoms with Crippen molar-refractivity contribution in [2.45, 2.75) is 31.7 Å². The predicted molar refractivity (Wildman–Crippen MR) is 106 cm³/mol. The minimum absolute atomic E-state index is 0.379. The van der Waals surface area contributed by atoms with Crippen molar-refractivity contribution in [3.63, 3.8) is 0 Å². The fourth-order valence-corrected chi connectivity index (χ4v) is 3.98. The number of ether oxygens (including phenoxy) is 3. The van der Waals surface area contributed by atoms with Crippen LogP contribution >= 0.6 is 33.2 Å². The van der Waals surface area contributed by atoms with Gasteiger partial charge in [-0.3, -0.25) is 0 Å². The molecule has 1 rings (SSSR count). The molecular formula is C17H23Cl3O4Si. The highest BCUT2D eigenvalue weighted by Crippen LogP contribution is 2.27. The van der Waals surface area contributed by atoms with E-state index in [0.717, 1.165) is 31.2 Å². The van der Waals surface area contributed by atoms with Crippen LogP contribution in [0.5, 0.6) is 11.5 Å². The highest BCUT2D eigenvalue weighted by atomic mass is 35.8. The van der Waals surface area contributed by atoms with Crippen LogP contribution < -0.4 is 9.47 Å². The van der Waals surface area contributed by atoms with Gasteiger partial charge in [0.05, 0.1) is 20.8 Å². The van der Waals surface area contributed by atoms with Gasteiger partial charge in [-0.2, -0.15) is 0 Å². The molecule has 0 radical (unpaired) electrons. The molecule has 0 saturated carbocycles. The standard InChI is InChI=1S/C17H23Cl3O4Si/c1-22-15-8-9-16(23-2)14(13-15)7-10-17(21)24-11-5-3-4-6-12-25(18,19)20/h7-10,13H,3-6,11-12H2,1-2H3/b10-7+. The molecule has 0 N–H and O–H groups in total. The van der Waals surface area contributed by atoms with Crippen molar-refractivity contribution < 1.29 is 19.0 Å². The van der Waals surface area contributed by atoms with Crippen LogP contribution in [0.4, 0.5) is 0 Å². The van der Waals surface area contributed by atoms with Gasteiger partial charge in [-0.05, 0) is 36.7 Å². The molecule has 0 aromatic heterocycles. The van der Waals surface area contributed by atoms with Gasteiger partial charge in [0.25, 0.3) is 0 Å². The minimum Gasteiger partial charge on any atom is -0.497 e. The lowest BCUT2D eigenvalue weighted by atomic mass is 10.1. The molecule has 0 spiro atoms. The molecule has 0 unspecified atom stereocenters. The van der Waals surface area contributed by atoms with Crippen molar-refractivity contribution in [1.82, 2.24) is 0 Å². The van der Waals surface area contributed by atoms with E-state index in [4.69, 9.17) is 47.4 Å². The third-order valence-corrected chi connectivity index (χ3v) is 6.06. The van der Waals surface area contributed by atoms with E-state index >= 15 is 0 Å². The number of unbranched alkanes of at least 4 members (excludes halogenated alkanes) is 3. The summed E-state index contributed by atoms with van der Waals surface area (Å²) in [5.41, 5.74) is 0.745. The van der Waals surface area contributed by atoms with E-state index < -0.39 is 12.0 Å². The highest BCUT2D eigenvalue weighted by molar-refractivity contribution is 7.64. The number of hydrogen-bond donors (Lipinski definition) is 0. The Balaban J connectivity index is 2.31. The molecule has 0 fully saturated rings. The first kappa shape index (κ1) is 22.2. The Morgan fingerprint density at radius 1 is 1.08 bits per heavy atom. The summed E-state index contributed by atoms with van der Waals surface area (Å²) in [6, 6.07) is 3.53. The van der Waals surface area contributed by atoms with Gasteiger partial charge in [0, 0.05) is 11.6 Å². The van der Waals surface area contributed by atoms with E-state index in [9.17, 15) is 4.79 Å². The molecule has 140 valence electrons. The first-order valence-corrected chi connectivity index (χ1v) is 13.2. The molecule has 8 heteroatoms. The Hall–Kier alpha value is -0.883. The molecule has 0 aliphatic heterocycles. The van der Waals surface area contributed by atoms with Gasteiger partial charge in [0.2, 0.25) is 0 Å². The normalized spacial score (nSPS) is 11.6. The SMILES string of the molecule is COc1ccc(OC)c(/C=C/C(=O)OCCCCCC[Si](Cl)(Cl)Cl)c1. The number of esters is 1. The molecular weight excluding hydrogens is 403 g/mol. The van der Waals surface area contributed by atoms with E-state index in [0.29, 0.717) is 24.2 Å². The van der Waals surface area contributed by atoms with E-state index in [1.807, 2.05) is 0 Å². The third kappa shape index (κ3) is 9.99. The lowest BCUT2D eigenvalue weighted by Crippen LogP contribution is -2.07. The molecule has 0 heterocycles. The average molecular weight is 426 g/mol. The monoisotopic (exact) mass is 424 g/mol. The van der Waals surface area contributed by atoms with Gasteiger partial charge in [-0.15, -0.1) is 33.2 Å². The number of benzene rings is 1. The van der Waals surface area contributed by atoms with Gasteiger partial charge in [0.1, 0.15) is 11.5 Å². The molecule has 1 aromatic rings. The molecule has 0 aliphatic rings. The largest absolute Gasteiger partial charge is 0.497 e. The van der Waals surface area contributed by atoms with Gasteiger partial charge in [-0.1, -0.05) is 19.3 Å². The van der Waals surface area contributed by atoms with E-state index in [1.54, 1.807) is 38.5 Å². The lowest BCUT2D eigenvalue weighted by Gasteiger charge is -2.07. The molecule has 4 nitrogen and oxygen atoms in total. The van der Waals surface area contributed by atoms with Crippen LogP contribution in [0.3, 0.4) is 0 Å². The number of hydrogen-bond acceptors (Lipinski definition) is 4. The summed E-state index contributed by atoms with van der Waals surface area (Å²) in [6.45, 7) is 0.379. The number of carbonyl (C=O) groups is 1. The fourth-order valence-electron chi connectivity index (χ4n) is 2.13. The lowest BCUT2D eigenvalue weighted by molar-refractivity contribution is -0.137. The molecule has 1 aromatic carbocycles. The van der Waals surface area contributed by atoms with Crippen LogP contribution in [0.25, 0.3) is 6.08 Å². The molecule has 0 aliphatic carbocycles. The summed E-state index contributed by atoms with van der Waals surface area (Å²) < 4.78 is 15.6. The van der Waals surface area contributed by atoms with Gasteiger partial charge in [-0.25, -0.2) is 4.79 Å². The summed E-state index contributed by atoms with van der Waals surface area (Å²) in [4.78, 5) is 11.8. The first-order chi connectivity index (χ1) is 11.9. The zero-order chi connectivity index (χ0) is 18.7. The van der Waals surface area contributed by atoms with Crippen LogP contribution in [0.15, 0.2) is 24.3 Å². The van der Waals surface area contributed by atoms with Crippen molar-refractivity contribution in [2.75, 3.05) is 20.8 Å². The predicted octanol–water partition coefficient (Wildman–Crippen LogP) is 5.48. The molecule has 25 heavy (non-hydrogen) atoms. The second-order valence-electron chi connectivity index (χ2n) is 5.39. The van der Waals surface area contributed by atoms with Crippen LogP contribution in [-0.2, 0) is 9.53 Å². The van der Waals surface area contributed by atoms with Crippen LogP contribution in [0, 0.1) is 0 Å². The smallest absolute Gasteiger partial charge is 0.341 e. The van der Waals surface area contributed by atoms with E-state index in [2.05, 4.69) is 0 Å². The Labute approximate surface area is 164 Å². The van der Waals surface area contributed by atoms with Gasteiger partial charge >= 0.3 is 12.0 Å². The van der Waals surface area contributed by atoms with Crippen molar-refractivity contribution in [3.05, 3.63) is 29.8 Å². The number of rotatable bonds is 11. The van der Waals surface area contributed by atoms with Crippen molar-refractivity contribution in [2.24, 2.45) is 0 Å². The zero-order valence-electron chi connectivity index (χ0n) is 14.4. The second kappa shape index (κ2) is 11.7. The van der Waals surface area contributed by atoms with E-state index in [1.165, 1.54) is 6.08 Å². The summed E-state index contributed by atoms with van der Waals surface area (Å²) in [5, 5.41) is 0. The zero-order valence-corrected chi connectivity index (χ0v) is 17.7.